The molecular weight excluding hydrogens is 312 g/mol. The molecule has 24 heavy (non-hydrogen) atoms. The maximum atomic E-state index is 12.3. The summed E-state index contributed by atoms with van der Waals surface area (Å²) >= 11 is 0. The normalized spacial score (nSPS) is 11.5. The zero-order chi connectivity index (χ0) is 18.5. The van der Waals surface area contributed by atoms with Crippen molar-refractivity contribution in [3.05, 3.63) is 34.4 Å². The fourth-order valence-corrected chi connectivity index (χ4v) is 1.93. The highest BCUT2D eigenvalue weighted by Gasteiger charge is 2.28. The lowest BCUT2D eigenvalue weighted by molar-refractivity contribution is -0.384. The van der Waals surface area contributed by atoms with E-state index >= 15 is 0 Å². The third kappa shape index (κ3) is 6.23. The smallest absolute Gasteiger partial charge is 0.269 e. The van der Waals surface area contributed by atoms with Crippen molar-refractivity contribution < 1.29 is 14.5 Å². The summed E-state index contributed by atoms with van der Waals surface area (Å²) in [4.78, 5) is 34.1. The molecule has 0 heterocycles. The second kappa shape index (κ2) is 7.29. The predicted octanol–water partition coefficient (Wildman–Crippen LogP) is 1.82. The number of non-ortho nitro benzene ring substituents is 1. The summed E-state index contributed by atoms with van der Waals surface area (Å²) in [6.07, 6.45) is 0. The van der Waals surface area contributed by atoms with Crippen LogP contribution in [0.4, 0.5) is 11.4 Å². The highest BCUT2D eigenvalue weighted by Crippen LogP contribution is 2.19. The van der Waals surface area contributed by atoms with Gasteiger partial charge >= 0.3 is 0 Å². The zero-order valence-corrected chi connectivity index (χ0v) is 14.6. The van der Waals surface area contributed by atoms with Crippen LogP contribution in [-0.4, -0.2) is 34.4 Å². The number of rotatable bonds is 6. The van der Waals surface area contributed by atoms with Crippen LogP contribution in [0.2, 0.25) is 0 Å². The summed E-state index contributed by atoms with van der Waals surface area (Å²) in [5.41, 5.74) is -0.812. The van der Waals surface area contributed by atoms with E-state index in [4.69, 9.17) is 0 Å². The van der Waals surface area contributed by atoms with E-state index in [0.29, 0.717) is 5.69 Å². The van der Waals surface area contributed by atoms with Gasteiger partial charge in [0.1, 0.15) is 5.54 Å². The lowest BCUT2D eigenvalue weighted by atomic mass is 10.0. The molecule has 0 fully saturated rings. The second-order valence-corrected chi connectivity index (χ2v) is 7.03. The van der Waals surface area contributed by atoms with Gasteiger partial charge in [-0.3, -0.25) is 19.7 Å². The molecule has 2 amide bonds. The fraction of sp³-hybridized carbons (Fsp3) is 0.500. The maximum absolute atomic E-state index is 12.3. The van der Waals surface area contributed by atoms with Crippen molar-refractivity contribution in [1.82, 2.24) is 10.6 Å². The minimum atomic E-state index is -0.988. The highest BCUT2D eigenvalue weighted by atomic mass is 16.6. The second-order valence-electron chi connectivity index (χ2n) is 7.03. The molecule has 3 N–H and O–H groups in total. The number of nitrogens with one attached hydrogen (secondary N) is 3. The SMILES string of the molecule is CC(C)(C)NC(=O)CNC(=O)C(C)(C)Nc1ccc([N+](=O)[O-])cc1. The molecule has 0 aliphatic rings. The lowest BCUT2D eigenvalue weighted by Gasteiger charge is -2.27. The van der Waals surface area contributed by atoms with E-state index in [-0.39, 0.29) is 29.6 Å². The largest absolute Gasteiger partial charge is 0.372 e. The molecule has 0 atom stereocenters. The van der Waals surface area contributed by atoms with Crippen molar-refractivity contribution in [2.45, 2.75) is 45.7 Å². The molecule has 0 aliphatic heterocycles. The van der Waals surface area contributed by atoms with Crippen molar-refractivity contribution in [2.24, 2.45) is 0 Å². The van der Waals surface area contributed by atoms with Crippen LogP contribution in [-0.2, 0) is 9.59 Å². The molecule has 8 nitrogen and oxygen atoms in total. The molecular formula is C16H24N4O4. The predicted molar refractivity (Wildman–Crippen MR) is 91.7 cm³/mol. The van der Waals surface area contributed by atoms with E-state index in [0.717, 1.165) is 0 Å². The van der Waals surface area contributed by atoms with E-state index in [1.54, 1.807) is 13.8 Å². The van der Waals surface area contributed by atoms with Gasteiger partial charge < -0.3 is 16.0 Å². The van der Waals surface area contributed by atoms with Crippen LogP contribution in [0.25, 0.3) is 0 Å². The van der Waals surface area contributed by atoms with Crippen LogP contribution in [0.5, 0.6) is 0 Å². The maximum Gasteiger partial charge on any atom is 0.269 e. The van der Waals surface area contributed by atoms with Gasteiger partial charge in [-0.15, -0.1) is 0 Å². The number of nitro groups is 1. The van der Waals surface area contributed by atoms with Crippen LogP contribution in [0.3, 0.4) is 0 Å². The highest BCUT2D eigenvalue weighted by molar-refractivity contribution is 5.91. The van der Waals surface area contributed by atoms with Crippen molar-refractivity contribution >= 4 is 23.2 Å². The number of anilines is 1. The fourth-order valence-electron chi connectivity index (χ4n) is 1.93. The summed E-state index contributed by atoms with van der Waals surface area (Å²) in [6.45, 7) is 8.75. The van der Waals surface area contributed by atoms with Gasteiger partial charge in [-0.25, -0.2) is 0 Å². The third-order valence-corrected chi connectivity index (χ3v) is 3.03. The van der Waals surface area contributed by atoms with Gasteiger partial charge in [-0.2, -0.15) is 0 Å². The Morgan fingerprint density at radius 3 is 2.08 bits per heavy atom. The zero-order valence-electron chi connectivity index (χ0n) is 14.6. The summed E-state index contributed by atoms with van der Waals surface area (Å²) in [6, 6.07) is 5.76. The average Bonchev–Trinajstić information content (AvgIpc) is 2.43. The Hall–Kier alpha value is -2.64. The van der Waals surface area contributed by atoms with Gasteiger partial charge in [0, 0.05) is 23.4 Å². The van der Waals surface area contributed by atoms with Gasteiger partial charge in [0.2, 0.25) is 11.8 Å². The molecule has 0 saturated carbocycles. The van der Waals surface area contributed by atoms with Crippen LogP contribution >= 0.6 is 0 Å². The van der Waals surface area contributed by atoms with E-state index in [1.807, 2.05) is 20.8 Å². The average molecular weight is 336 g/mol. The molecule has 0 aromatic heterocycles. The molecule has 0 unspecified atom stereocenters. The number of hydrogen-bond acceptors (Lipinski definition) is 5. The number of benzene rings is 1. The van der Waals surface area contributed by atoms with Gasteiger partial charge in [0.05, 0.1) is 11.5 Å². The van der Waals surface area contributed by atoms with Gasteiger partial charge in [-0.1, -0.05) is 0 Å². The van der Waals surface area contributed by atoms with Crippen LogP contribution in [0, 0.1) is 10.1 Å². The summed E-state index contributed by atoms with van der Waals surface area (Å²) in [5, 5.41) is 19.0. The molecule has 8 heteroatoms. The van der Waals surface area contributed by atoms with Crippen molar-refractivity contribution in [2.75, 3.05) is 11.9 Å². The standard InChI is InChI=1S/C16H24N4O4/c1-15(2,3)19-13(21)10-17-14(22)16(4,5)18-11-6-8-12(9-7-11)20(23)24/h6-9,18H,10H2,1-5H3,(H,17,22)(H,19,21). The third-order valence-electron chi connectivity index (χ3n) is 3.03. The van der Waals surface area contributed by atoms with Crippen molar-refractivity contribution in [3.63, 3.8) is 0 Å². The quantitative estimate of drug-likeness (QED) is 0.541. The summed E-state index contributed by atoms with van der Waals surface area (Å²) in [5.74, 6) is -0.633. The van der Waals surface area contributed by atoms with Crippen LogP contribution < -0.4 is 16.0 Å². The minimum absolute atomic E-state index is 0.0262. The summed E-state index contributed by atoms with van der Waals surface area (Å²) in [7, 11) is 0. The number of hydrogen-bond donors (Lipinski definition) is 3. The Morgan fingerprint density at radius 2 is 1.62 bits per heavy atom. The monoisotopic (exact) mass is 336 g/mol. The number of carbonyl (C=O) groups is 2. The molecule has 0 radical (unpaired) electrons. The lowest BCUT2D eigenvalue weighted by Crippen LogP contribution is -2.52. The molecule has 1 aromatic carbocycles. The van der Waals surface area contributed by atoms with E-state index in [2.05, 4.69) is 16.0 Å². The van der Waals surface area contributed by atoms with Crippen LogP contribution in [0.1, 0.15) is 34.6 Å². The Kier molecular flexibility index (Phi) is 5.89. The van der Waals surface area contributed by atoms with Crippen molar-refractivity contribution in [3.8, 4) is 0 Å². The van der Waals surface area contributed by atoms with Gasteiger partial charge in [0.25, 0.3) is 5.69 Å². The molecule has 0 spiro atoms. The van der Waals surface area contributed by atoms with Crippen molar-refractivity contribution in [1.29, 1.82) is 0 Å². The molecule has 0 aliphatic carbocycles. The number of carbonyl (C=O) groups excluding carboxylic acids is 2. The molecule has 0 saturated heterocycles. The Labute approximate surface area is 141 Å². The number of nitro benzene ring substituents is 1. The first kappa shape index (κ1) is 19.4. The van der Waals surface area contributed by atoms with E-state index in [1.165, 1.54) is 24.3 Å². The molecule has 0 bridgehead atoms. The molecule has 1 aromatic rings. The Balaban J connectivity index is 2.62. The first-order valence-corrected chi connectivity index (χ1v) is 7.53. The number of amides is 2. The topological polar surface area (TPSA) is 113 Å². The Morgan fingerprint density at radius 1 is 1.08 bits per heavy atom. The first-order chi connectivity index (χ1) is 10.9. The van der Waals surface area contributed by atoms with Gasteiger partial charge in [-0.05, 0) is 46.8 Å². The van der Waals surface area contributed by atoms with Crippen LogP contribution in [0.15, 0.2) is 24.3 Å². The molecule has 132 valence electrons. The first-order valence-electron chi connectivity index (χ1n) is 7.53. The minimum Gasteiger partial charge on any atom is -0.372 e. The van der Waals surface area contributed by atoms with E-state index in [9.17, 15) is 19.7 Å². The Bertz CT molecular complexity index is 618. The number of nitrogens with zero attached hydrogens (tertiary/aromatic N) is 1. The van der Waals surface area contributed by atoms with E-state index < -0.39 is 10.5 Å². The summed E-state index contributed by atoms with van der Waals surface area (Å²) < 4.78 is 0. The molecule has 1 rings (SSSR count). The van der Waals surface area contributed by atoms with Gasteiger partial charge in [0.15, 0.2) is 0 Å².